The van der Waals surface area contributed by atoms with Gasteiger partial charge in [-0.3, -0.25) is 37.0 Å². The fourth-order valence-electron chi connectivity index (χ4n) is 5.26. The molecule has 4 aromatic rings. The van der Waals surface area contributed by atoms with Crippen LogP contribution in [0.3, 0.4) is 0 Å². The van der Waals surface area contributed by atoms with E-state index in [2.05, 4.69) is 29.9 Å². The number of nitrogens with zero attached hydrogens (tertiary/aromatic N) is 7. The molecular weight excluding hydrogens is 637 g/mol. The second kappa shape index (κ2) is 10.6. The summed E-state index contributed by atoms with van der Waals surface area (Å²) in [5.74, 6) is -0.215. The number of halogens is 1. The normalized spacial score (nSPS) is 36.6. The third-order valence-corrected chi connectivity index (χ3v) is 9.14. The van der Waals surface area contributed by atoms with E-state index in [4.69, 9.17) is 39.0 Å². The van der Waals surface area contributed by atoms with E-state index >= 15 is 4.39 Å². The number of aromatic amines is 1. The van der Waals surface area contributed by atoms with Crippen LogP contribution in [0.2, 0.25) is 0 Å². The van der Waals surface area contributed by atoms with Gasteiger partial charge in [0.1, 0.15) is 30.2 Å². The molecule has 24 heteroatoms. The van der Waals surface area contributed by atoms with Crippen LogP contribution >= 0.6 is 15.6 Å². The van der Waals surface area contributed by atoms with Crippen LogP contribution < -0.4 is 17.0 Å². The number of nitrogens with two attached hydrogens (primary N) is 2. The first-order chi connectivity index (χ1) is 20.9. The average Bonchev–Trinajstić information content (AvgIpc) is 3.72. The molecule has 44 heavy (non-hydrogen) atoms. The molecule has 7 heterocycles. The van der Waals surface area contributed by atoms with Gasteiger partial charge in [-0.1, -0.05) is 0 Å². The van der Waals surface area contributed by atoms with Crippen molar-refractivity contribution in [1.29, 1.82) is 0 Å². The van der Waals surface area contributed by atoms with Crippen molar-refractivity contribution in [3.05, 3.63) is 29.3 Å². The quantitative estimate of drug-likeness (QED) is 0.172. The summed E-state index contributed by atoms with van der Waals surface area (Å²) in [6, 6.07) is 0. The van der Waals surface area contributed by atoms with Crippen LogP contribution in [0.15, 0.2) is 23.8 Å². The van der Waals surface area contributed by atoms with Crippen molar-refractivity contribution >= 4 is 49.7 Å². The highest BCUT2D eigenvalue weighted by atomic mass is 31.2. The predicted octanol–water partition coefficient (Wildman–Crippen LogP) is -0.335. The van der Waals surface area contributed by atoms with Crippen LogP contribution in [0.1, 0.15) is 18.9 Å². The van der Waals surface area contributed by atoms with Crippen molar-refractivity contribution in [3.63, 3.8) is 0 Å². The lowest BCUT2D eigenvalue weighted by Gasteiger charge is -2.25. The molecule has 0 spiro atoms. The molecule has 21 nitrogen and oxygen atoms in total. The number of alkyl halides is 1. The largest absolute Gasteiger partial charge is 0.472 e. The van der Waals surface area contributed by atoms with Gasteiger partial charge < -0.3 is 30.7 Å². The van der Waals surface area contributed by atoms with Crippen molar-refractivity contribution in [2.75, 3.05) is 24.7 Å². The van der Waals surface area contributed by atoms with E-state index in [1.165, 1.54) is 17.2 Å². The molecule has 3 saturated heterocycles. The van der Waals surface area contributed by atoms with Crippen molar-refractivity contribution in [1.82, 2.24) is 39.0 Å². The highest BCUT2D eigenvalue weighted by Gasteiger charge is 2.52. The number of rotatable bonds is 2. The number of fused-ring (bicyclic) bond motifs is 5. The summed E-state index contributed by atoms with van der Waals surface area (Å²) < 4.78 is 76.9. The van der Waals surface area contributed by atoms with E-state index in [9.17, 15) is 23.7 Å². The average molecular weight is 660 g/mol. The van der Waals surface area contributed by atoms with Gasteiger partial charge in [-0.25, -0.2) is 33.5 Å². The number of nitrogens with one attached hydrogen (secondary N) is 1. The van der Waals surface area contributed by atoms with Gasteiger partial charge in [0, 0.05) is 6.42 Å². The summed E-state index contributed by atoms with van der Waals surface area (Å²) in [5, 5.41) is 0. The highest BCUT2D eigenvalue weighted by Crippen LogP contribution is 2.54. The third-order valence-electron chi connectivity index (χ3n) is 7.15. The van der Waals surface area contributed by atoms with Crippen LogP contribution in [0.4, 0.5) is 16.2 Å². The van der Waals surface area contributed by atoms with Crippen LogP contribution in [0.25, 0.3) is 22.3 Å². The molecule has 3 unspecified atom stereocenters. The Bertz CT molecular complexity index is 1900. The second-order valence-electron chi connectivity index (χ2n) is 9.99. The summed E-state index contributed by atoms with van der Waals surface area (Å²) in [7, 11) is -9.96. The molecule has 9 atom stereocenters. The zero-order chi connectivity index (χ0) is 31.0. The van der Waals surface area contributed by atoms with Gasteiger partial charge in [0.15, 0.2) is 41.3 Å². The highest BCUT2D eigenvalue weighted by molar-refractivity contribution is 7.47. The second-order valence-corrected chi connectivity index (χ2v) is 12.8. The number of ether oxygens (including phenoxy) is 2. The van der Waals surface area contributed by atoms with E-state index in [-0.39, 0.29) is 40.5 Å². The van der Waals surface area contributed by atoms with Gasteiger partial charge in [0.05, 0.1) is 32.0 Å². The molecule has 3 aliphatic rings. The number of imidazole rings is 2. The Balaban J connectivity index is 1.19. The van der Waals surface area contributed by atoms with Crippen molar-refractivity contribution in [2.45, 2.75) is 49.5 Å². The fourth-order valence-corrected chi connectivity index (χ4v) is 7.16. The first kappa shape index (κ1) is 29.3. The first-order valence-electron chi connectivity index (χ1n) is 12.8. The van der Waals surface area contributed by atoms with E-state index in [1.54, 1.807) is 0 Å². The zero-order valence-electron chi connectivity index (χ0n) is 22.0. The molecule has 0 aromatic carbocycles. The van der Waals surface area contributed by atoms with E-state index in [1.807, 2.05) is 0 Å². The molecule has 7 rings (SSSR count). The maximum Gasteiger partial charge on any atom is 0.472 e. The molecule has 7 N–H and O–H groups in total. The minimum atomic E-state index is -5.01. The van der Waals surface area contributed by atoms with Crippen LogP contribution in [-0.2, 0) is 36.7 Å². The molecule has 236 valence electrons. The Hall–Kier alpha value is -3.43. The summed E-state index contributed by atoms with van der Waals surface area (Å²) in [6.45, 7) is -1.42. The number of H-pyrrole nitrogens is 1. The van der Waals surface area contributed by atoms with Crippen molar-refractivity contribution < 1.29 is 50.9 Å². The van der Waals surface area contributed by atoms with Gasteiger partial charge in [-0.2, -0.15) is 4.98 Å². The number of phosphoric acid groups is 2. The maximum absolute atomic E-state index is 15.9. The fraction of sp³-hybridized carbons (Fsp3) is 0.500. The topological polar surface area (TPSA) is 289 Å². The molecule has 0 saturated carbocycles. The standard InChI is InChI=1S/C20H23FN10O11P2/c21-10-13-9(40-19(10)30-5-26-11-14(22)24-4-25-15(11)30)3-38-43(33,34)41-8-1-7(2-37-44(35,36)42-13)39-18(8)31-6-27-12-16(31)28-20(23)29-17(12)32/h4-10,13,18-19H,1-3H2,(H,33,34)(H,35,36)(H2,22,24,25)(H3,23,28,29,32)/t7-,8-,9+,10-,13?,18+,19+/m0/s1. The van der Waals surface area contributed by atoms with Gasteiger partial charge in [0.25, 0.3) is 5.56 Å². The number of anilines is 2. The number of phosphoric ester groups is 2. The predicted molar refractivity (Wildman–Crippen MR) is 141 cm³/mol. The number of hydrogen-bond acceptors (Lipinski definition) is 16. The number of aromatic nitrogens is 8. The maximum atomic E-state index is 15.9. The number of hydrogen-bond donors (Lipinski definition) is 5. The van der Waals surface area contributed by atoms with Gasteiger partial charge in [0.2, 0.25) is 5.95 Å². The van der Waals surface area contributed by atoms with Crippen molar-refractivity contribution in [2.24, 2.45) is 0 Å². The molecular formula is C20H23FN10O11P2. The van der Waals surface area contributed by atoms with Gasteiger partial charge in [-0.05, 0) is 0 Å². The Morgan fingerprint density at radius 1 is 0.909 bits per heavy atom. The molecule has 3 fully saturated rings. The van der Waals surface area contributed by atoms with E-state index in [0.717, 1.165) is 10.9 Å². The van der Waals surface area contributed by atoms with E-state index < -0.39 is 77.5 Å². The first-order valence-corrected chi connectivity index (χ1v) is 15.8. The Morgan fingerprint density at radius 2 is 1.61 bits per heavy atom. The summed E-state index contributed by atoms with van der Waals surface area (Å²) >= 11 is 0. The van der Waals surface area contributed by atoms with Crippen LogP contribution in [-0.4, -0.2) is 92.6 Å². The number of nitrogen functional groups attached to an aromatic ring is 2. The third kappa shape index (κ3) is 5.17. The SMILES string of the molecule is Nc1nc2c(ncn2[C@@H]2O[C@@H]3COP(=O)(O)OC4[C@@H](COP(=O)(O)O[C@H]2C3)O[C@@H](n2cnc3c(N)ncnc32)[C@H]4F)c(=O)[nH]1. The molecule has 3 aliphatic heterocycles. The lowest BCUT2D eigenvalue weighted by Crippen LogP contribution is -2.34. The van der Waals surface area contributed by atoms with Crippen LogP contribution in [0, 0.1) is 0 Å². The molecule has 2 bridgehead atoms. The molecule has 4 aromatic heterocycles. The molecule has 0 radical (unpaired) electrons. The Kier molecular flexibility index (Phi) is 7.05. The summed E-state index contributed by atoms with van der Waals surface area (Å²) in [5.41, 5.74) is 10.9. The summed E-state index contributed by atoms with van der Waals surface area (Å²) in [6.07, 6.45) is -7.26. The van der Waals surface area contributed by atoms with Gasteiger partial charge in [-0.15, -0.1) is 0 Å². The Morgan fingerprint density at radius 3 is 2.41 bits per heavy atom. The molecule has 0 amide bonds. The smallest absolute Gasteiger partial charge is 0.382 e. The van der Waals surface area contributed by atoms with Gasteiger partial charge >= 0.3 is 15.6 Å². The monoisotopic (exact) mass is 660 g/mol. The summed E-state index contributed by atoms with van der Waals surface area (Å²) in [4.78, 5) is 55.7. The minimum absolute atomic E-state index is 0.0146. The van der Waals surface area contributed by atoms with E-state index in [0.29, 0.717) is 0 Å². The van der Waals surface area contributed by atoms with Crippen molar-refractivity contribution in [3.8, 4) is 0 Å². The Labute approximate surface area is 243 Å². The molecule has 0 aliphatic carbocycles. The lowest BCUT2D eigenvalue weighted by molar-refractivity contribution is -0.0668. The van der Waals surface area contributed by atoms with Crippen LogP contribution in [0.5, 0.6) is 0 Å². The lowest BCUT2D eigenvalue weighted by atomic mass is 10.1. The zero-order valence-corrected chi connectivity index (χ0v) is 23.8. The minimum Gasteiger partial charge on any atom is -0.382 e.